The first-order valence-corrected chi connectivity index (χ1v) is 7.20. The molecule has 0 saturated heterocycles. The third-order valence-corrected chi connectivity index (χ3v) is 4.79. The maximum Gasteiger partial charge on any atom is 0.0402 e. The highest BCUT2D eigenvalue weighted by molar-refractivity contribution is 5.59. The van der Waals surface area contributed by atoms with E-state index in [0.717, 1.165) is 25.9 Å². The van der Waals surface area contributed by atoms with E-state index in [1.165, 1.54) is 17.7 Å². The van der Waals surface area contributed by atoms with E-state index in [-0.39, 0.29) is 5.41 Å². The van der Waals surface area contributed by atoms with Gasteiger partial charge in [0.25, 0.3) is 0 Å². The van der Waals surface area contributed by atoms with Crippen LogP contribution in [0.4, 0.5) is 5.69 Å². The van der Waals surface area contributed by atoms with Gasteiger partial charge in [-0.05, 0) is 49.8 Å². The maximum atomic E-state index is 6.05. The Bertz CT molecular complexity index is 388. The maximum absolute atomic E-state index is 6.05. The van der Waals surface area contributed by atoms with Crippen LogP contribution in [0.5, 0.6) is 0 Å². The molecule has 18 heavy (non-hydrogen) atoms. The first-order valence-electron chi connectivity index (χ1n) is 7.20. The summed E-state index contributed by atoms with van der Waals surface area (Å²) in [6.45, 7) is 8.73. The van der Waals surface area contributed by atoms with Crippen molar-refractivity contribution in [3.05, 3.63) is 29.8 Å². The van der Waals surface area contributed by atoms with Gasteiger partial charge in [0, 0.05) is 18.3 Å². The number of nitrogens with zero attached hydrogens (tertiary/aromatic N) is 1. The number of nitrogens with two attached hydrogens (primary N) is 1. The summed E-state index contributed by atoms with van der Waals surface area (Å²) in [5, 5.41) is 0. The van der Waals surface area contributed by atoms with E-state index in [9.17, 15) is 0 Å². The van der Waals surface area contributed by atoms with Gasteiger partial charge in [0.1, 0.15) is 0 Å². The number of fused-ring (bicyclic) bond motifs is 1. The molecule has 2 heteroatoms. The quantitative estimate of drug-likeness (QED) is 0.864. The van der Waals surface area contributed by atoms with Crippen molar-refractivity contribution in [2.45, 2.75) is 46.1 Å². The van der Waals surface area contributed by atoms with Gasteiger partial charge in [0.2, 0.25) is 0 Å². The lowest BCUT2D eigenvalue weighted by Crippen LogP contribution is -2.44. The molecule has 1 heterocycles. The fourth-order valence-corrected chi connectivity index (χ4v) is 3.06. The molecule has 1 aromatic rings. The summed E-state index contributed by atoms with van der Waals surface area (Å²) in [5.41, 5.74) is 9.23. The Morgan fingerprint density at radius 2 is 1.94 bits per heavy atom. The van der Waals surface area contributed by atoms with Crippen molar-refractivity contribution in [1.82, 2.24) is 0 Å². The van der Waals surface area contributed by atoms with E-state index >= 15 is 0 Å². The fourth-order valence-electron chi connectivity index (χ4n) is 3.06. The van der Waals surface area contributed by atoms with E-state index in [1.807, 2.05) is 0 Å². The molecule has 1 aliphatic rings. The topological polar surface area (TPSA) is 29.3 Å². The van der Waals surface area contributed by atoms with Crippen molar-refractivity contribution < 1.29 is 0 Å². The van der Waals surface area contributed by atoms with Gasteiger partial charge in [0.05, 0.1) is 0 Å². The molecule has 0 bridgehead atoms. The molecule has 2 rings (SSSR count). The van der Waals surface area contributed by atoms with Crippen LogP contribution in [0.1, 0.15) is 39.2 Å². The van der Waals surface area contributed by atoms with Crippen LogP contribution in [0, 0.1) is 5.41 Å². The lowest BCUT2D eigenvalue weighted by molar-refractivity contribution is 0.272. The normalized spacial score (nSPS) is 19.1. The standard InChI is InChI=1S/C16H26N2/c1-4-16(5-2,11-17)12-18-13(3)10-14-8-6-7-9-15(14)18/h6-9,13H,4-5,10-12,17H2,1-3H3. The molecule has 1 aliphatic heterocycles. The SMILES string of the molecule is CCC(CC)(CN)CN1c2ccccc2CC1C. The summed E-state index contributed by atoms with van der Waals surface area (Å²) in [6, 6.07) is 9.40. The first kappa shape index (κ1) is 13.4. The Labute approximate surface area is 111 Å². The summed E-state index contributed by atoms with van der Waals surface area (Å²) in [7, 11) is 0. The third kappa shape index (κ3) is 2.26. The van der Waals surface area contributed by atoms with Gasteiger partial charge in [-0.25, -0.2) is 0 Å². The minimum Gasteiger partial charge on any atom is -0.368 e. The predicted molar refractivity (Wildman–Crippen MR) is 79.0 cm³/mol. The highest BCUT2D eigenvalue weighted by Crippen LogP contribution is 2.36. The number of hydrogen-bond acceptors (Lipinski definition) is 2. The zero-order chi connectivity index (χ0) is 13.2. The molecule has 0 fully saturated rings. The van der Waals surface area contributed by atoms with Crippen LogP contribution in [-0.2, 0) is 6.42 Å². The molecule has 0 saturated carbocycles. The Morgan fingerprint density at radius 1 is 1.28 bits per heavy atom. The second-order valence-corrected chi connectivity index (χ2v) is 5.72. The summed E-state index contributed by atoms with van der Waals surface area (Å²) in [5.74, 6) is 0. The predicted octanol–water partition coefficient (Wildman–Crippen LogP) is 3.20. The summed E-state index contributed by atoms with van der Waals surface area (Å²) >= 11 is 0. The molecule has 0 aliphatic carbocycles. The van der Waals surface area contributed by atoms with Crippen molar-refractivity contribution in [2.75, 3.05) is 18.0 Å². The number of benzene rings is 1. The molecule has 0 radical (unpaired) electrons. The smallest absolute Gasteiger partial charge is 0.0402 e. The molecule has 1 atom stereocenters. The van der Waals surface area contributed by atoms with Gasteiger partial charge in [-0.2, -0.15) is 0 Å². The fraction of sp³-hybridized carbons (Fsp3) is 0.625. The van der Waals surface area contributed by atoms with Crippen LogP contribution >= 0.6 is 0 Å². The lowest BCUT2D eigenvalue weighted by Gasteiger charge is -2.38. The van der Waals surface area contributed by atoms with Crippen LogP contribution < -0.4 is 10.6 Å². The van der Waals surface area contributed by atoms with E-state index in [2.05, 4.69) is 49.9 Å². The van der Waals surface area contributed by atoms with E-state index in [1.54, 1.807) is 0 Å². The minimum atomic E-state index is 0.270. The monoisotopic (exact) mass is 246 g/mol. The minimum absolute atomic E-state index is 0.270. The number of hydrogen-bond donors (Lipinski definition) is 1. The van der Waals surface area contributed by atoms with Crippen LogP contribution in [-0.4, -0.2) is 19.1 Å². The Morgan fingerprint density at radius 3 is 2.56 bits per heavy atom. The number of rotatable bonds is 5. The van der Waals surface area contributed by atoms with Gasteiger partial charge in [-0.1, -0.05) is 32.0 Å². The van der Waals surface area contributed by atoms with Crippen LogP contribution in [0.2, 0.25) is 0 Å². The third-order valence-electron chi connectivity index (χ3n) is 4.79. The molecular weight excluding hydrogens is 220 g/mol. The largest absolute Gasteiger partial charge is 0.368 e. The van der Waals surface area contributed by atoms with Gasteiger partial charge < -0.3 is 10.6 Å². The number of anilines is 1. The van der Waals surface area contributed by atoms with Gasteiger partial charge in [-0.3, -0.25) is 0 Å². The van der Waals surface area contributed by atoms with Gasteiger partial charge in [-0.15, -0.1) is 0 Å². The molecular formula is C16H26N2. The molecule has 0 spiro atoms. The average molecular weight is 246 g/mol. The molecule has 0 amide bonds. The summed E-state index contributed by atoms with van der Waals surface area (Å²) < 4.78 is 0. The zero-order valence-electron chi connectivity index (χ0n) is 11.9. The van der Waals surface area contributed by atoms with E-state index in [4.69, 9.17) is 5.73 Å². The summed E-state index contributed by atoms with van der Waals surface area (Å²) in [6.07, 6.45) is 3.49. The highest BCUT2D eigenvalue weighted by Gasteiger charge is 2.33. The zero-order valence-corrected chi connectivity index (χ0v) is 11.9. The molecule has 1 unspecified atom stereocenters. The van der Waals surface area contributed by atoms with Crippen LogP contribution in [0.15, 0.2) is 24.3 Å². The molecule has 100 valence electrons. The molecule has 2 N–H and O–H groups in total. The second-order valence-electron chi connectivity index (χ2n) is 5.72. The molecule has 2 nitrogen and oxygen atoms in total. The van der Waals surface area contributed by atoms with Crippen molar-refractivity contribution in [3.8, 4) is 0 Å². The van der Waals surface area contributed by atoms with Crippen molar-refractivity contribution in [3.63, 3.8) is 0 Å². The van der Waals surface area contributed by atoms with Crippen LogP contribution in [0.25, 0.3) is 0 Å². The molecule has 0 aromatic heterocycles. The first-order chi connectivity index (χ1) is 8.65. The second kappa shape index (κ2) is 5.31. The lowest BCUT2D eigenvalue weighted by atomic mass is 9.81. The number of para-hydroxylation sites is 1. The van der Waals surface area contributed by atoms with Crippen molar-refractivity contribution in [1.29, 1.82) is 0 Å². The Kier molecular flexibility index (Phi) is 3.96. The average Bonchev–Trinajstić information content (AvgIpc) is 2.72. The molecule has 1 aromatic carbocycles. The van der Waals surface area contributed by atoms with Crippen LogP contribution in [0.3, 0.4) is 0 Å². The van der Waals surface area contributed by atoms with Gasteiger partial charge in [0.15, 0.2) is 0 Å². The summed E-state index contributed by atoms with van der Waals surface area (Å²) in [4.78, 5) is 2.56. The highest BCUT2D eigenvalue weighted by atomic mass is 15.2. The van der Waals surface area contributed by atoms with Crippen molar-refractivity contribution >= 4 is 5.69 Å². The van der Waals surface area contributed by atoms with Crippen molar-refractivity contribution in [2.24, 2.45) is 11.1 Å². The Hall–Kier alpha value is -1.02. The Balaban J connectivity index is 2.24. The van der Waals surface area contributed by atoms with E-state index < -0.39 is 0 Å². The van der Waals surface area contributed by atoms with E-state index in [0.29, 0.717) is 6.04 Å². The van der Waals surface area contributed by atoms with Gasteiger partial charge >= 0.3 is 0 Å².